The minimum absolute atomic E-state index is 0.0389. The van der Waals surface area contributed by atoms with E-state index in [0.29, 0.717) is 12.2 Å². The van der Waals surface area contributed by atoms with Crippen LogP contribution in [0.2, 0.25) is 5.02 Å². The summed E-state index contributed by atoms with van der Waals surface area (Å²) < 4.78 is 23.1. The van der Waals surface area contributed by atoms with Crippen molar-refractivity contribution in [3.63, 3.8) is 0 Å². The monoisotopic (exact) mass is 242 g/mol. The summed E-state index contributed by atoms with van der Waals surface area (Å²) in [7, 11) is 0. The zero-order valence-corrected chi connectivity index (χ0v) is 8.95. The van der Waals surface area contributed by atoms with Crippen LogP contribution < -0.4 is 4.74 Å². The van der Waals surface area contributed by atoms with E-state index >= 15 is 0 Å². The molecule has 1 aromatic heterocycles. The highest BCUT2D eigenvalue weighted by Gasteiger charge is 2.07. The molecule has 84 valence electrons. The molecule has 2 rings (SSSR count). The quantitative estimate of drug-likeness (QED) is 0.826. The standard InChI is InChI=1S/C10H8ClFN2O2/c11-7-2-1-3-8(10(7)12)15-5-4-9-13-6-16-14-9/h1-3,6H,4-5H2. The van der Waals surface area contributed by atoms with Gasteiger partial charge in [0, 0.05) is 6.42 Å². The number of hydrogen-bond donors (Lipinski definition) is 0. The molecule has 0 atom stereocenters. The second-order valence-corrected chi connectivity index (χ2v) is 3.41. The van der Waals surface area contributed by atoms with Gasteiger partial charge in [0.25, 0.3) is 0 Å². The molecule has 0 unspecified atom stereocenters. The normalized spacial score (nSPS) is 10.4. The zero-order chi connectivity index (χ0) is 11.4. The maximum absolute atomic E-state index is 13.4. The molecule has 1 aromatic carbocycles. The minimum Gasteiger partial charge on any atom is -0.490 e. The number of hydrogen-bond acceptors (Lipinski definition) is 4. The lowest BCUT2D eigenvalue weighted by Gasteiger charge is -2.06. The molecule has 0 saturated heterocycles. The third kappa shape index (κ3) is 2.49. The minimum atomic E-state index is -0.558. The SMILES string of the molecule is Fc1c(Cl)cccc1OCCc1ncon1. The first-order valence-electron chi connectivity index (χ1n) is 4.59. The smallest absolute Gasteiger partial charge is 0.213 e. The number of halogens is 2. The summed E-state index contributed by atoms with van der Waals surface area (Å²) in [6.45, 7) is 0.261. The third-order valence-electron chi connectivity index (χ3n) is 1.91. The maximum Gasteiger partial charge on any atom is 0.213 e. The van der Waals surface area contributed by atoms with Crippen LogP contribution in [0.4, 0.5) is 4.39 Å². The predicted molar refractivity (Wildman–Crippen MR) is 54.9 cm³/mol. The molecular formula is C10H8ClFN2O2. The van der Waals surface area contributed by atoms with Crippen LogP contribution in [0.15, 0.2) is 29.1 Å². The molecule has 0 fully saturated rings. The molecule has 0 radical (unpaired) electrons. The van der Waals surface area contributed by atoms with Gasteiger partial charge in [-0.05, 0) is 12.1 Å². The summed E-state index contributed by atoms with van der Waals surface area (Å²) in [5, 5.41) is 3.64. The lowest BCUT2D eigenvalue weighted by atomic mass is 10.3. The molecule has 0 saturated carbocycles. The second kappa shape index (κ2) is 4.94. The van der Waals surface area contributed by atoms with Crippen molar-refractivity contribution in [3.8, 4) is 5.75 Å². The molecule has 0 aliphatic rings. The van der Waals surface area contributed by atoms with Gasteiger partial charge in [0.15, 0.2) is 17.4 Å². The van der Waals surface area contributed by atoms with E-state index in [-0.39, 0.29) is 17.4 Å². The Labute approximate surface area is 96.0 Å². The van der Waals surface area contributed by atoms with Gasteiger partial charge in [-0.15, -0.1) is 0 Å². The summed E-state index contributed by atoms with van der Waals surface area (Å²) >= 11 is 5.60. The van der Waals surface area contributed by atoms with E-state index in [1.807, 2.05) is 0 Å². The van der Waals surface area contributed by atoms with E-state index in [4.69, 9.17) is 16.3 Å². The molecule has 0 amide bonds. The zero-order valence-electron chi connectivity index (χ0n) is 8.19. The first-order chi connectivity index (χ1) is 7.77. The van der Waals surface area contributed by atoms with Gasteiger partial charge in [-0.1, -0.05) is 22.8 Å². The average Bonchev–Trinajstić information content (AvgIpc) is 2.77. The number of nitrogens with zero attached hydrogens (tertiary/aromatic N) is 2. The van der Waals surface area contributed by atoms with Gasteiger partial charge in [-0.2, -0.15) is 4.98 Å². The molecule has 6 heteroatoms. The maximum atomic E-state index is 13.4. The lowest BCUT2D eigenvalue weighted by Crippen LogP contribution is -2.04. The Bertz CT molecular complexity index is 462. The van der Waals surface area contributed by atoms with Crippen LogP contribution in [0.25, 0.3) is 0 Å². The molecule has 0 N–H and O–H groups in total. The van der Waals surface area contributed by atoms with Gasteiger partial charge in [-0.3, -0.25) is 0 Å². The molecule has 2 aromatic rings. The Morgan fingerprint density at radius 3 is 3.06 bits per heavy atom. The second-order valence-electron chi connectivity index (χ2n) is 3.00. The van der Waals surface area contributed by atoms with Gasteiger partial charge in [0.2, 0.25) is 6.39 Å². The number of ether oxygens (including phenoxy) is 1. The summed E-state index contributed by atoms with van der Waals surface area (Å²) in [5.41, 5.74) is 0. The van der Waals surface area contributed by atoms with E-state index in [1.165, 1.54) is 18.5 Å². The molecule has 0 aliphatic carbocycles. The number of aromatic nitrogens is 2. The number of rotatable bonds is 4. The van der Waals surface area contributed by atoms with Crippen LogP contribution in [0.3, 0.4) is 0 Å². The van der Waals surface area contributed by atoms with Crippen molar-refractivity contribution in [2.75, 3.05) is 6.61 Å². The predicted octanol–water partition coefficient (Wildman–Crippen LogP) is 2.48. The fraction of sp³-hybridized carbons (Fsp3) is 0.200. The van der Waals surface area contributed by atoms with Crippen LogP contribution >= 0.6 is 11.6 Å². The Morgan fingerprint density at radius 2 is 2.31 bits per heavy atom. The van der Waals surface area contributed by atoms with E-state index in [2.05, 4.69) is 14.7 Å². The Hall–Kier alpha value is -1.62. The van der Waals surface area contributed by atoms with E-state index < -0.39 is 5.82 Å². The Kier molecular flexibility index (Phi) is 3.36. The van der Waals surface area contributed by atoms with Gasteiger partial charge in [0.1, 0.15) is 0 Å². The van der Waals surface area contributed by atoms with Crippen LogP contribution in [-0.2, 0) is 6.42 Å². The van der Waals surface area contributed by atoms with Crippen molar-refractivity contribution in [2.45, 2.75) is 6.42 Å². The van der Waals surface area contributed by atoms with Crippen molar-refractivity contribution in [1.29, 1.82) is 0 Å². The van der Waals surface area contributed by atoms with Crippen molar-refractivity contribution >= 4 is 11.6 Å². The van der Waals surface area contributed by atoms with Crippen molar-refractivity contribution in [2.24, 2.45) is 0 Å². The molecule has 0 spiro atoms. The Morgan fingerprint density at radius 1 is 1.44 bits per heavy atom. The first kappa shape index (κ1) is 10.9. The number of benzene rings is 1. The summed E-state index contributed by atoms with van der Waals surface area (Å²) in [6.07, 6.45) is 1.68. The lowest BCUT2D eigenvalue weighted by molar-refractivity contribution is 0.300. The van der Waals surface area contributed by atoms with Crippen LogP contribution in [0.5, 0.6) is 5.75 Å². The average molecular weight is 243 g/mol. The summed E-state index contributed by atoms with van der Waals surface area (Å²) in [5.74, 6) is 0.0794. The molecular weight excluding hydrogens is 235 g/mol. The van der Waals surface area contributed by atoms with E-state index in [0.717, 1.165) is 0 Å². The third-order valence-corrected chi connectivity index (χ3v) is 2.20. The molecule has 0 aliphatic heterocycles. The summed E-state index contributed by atoms with van der Waals surface area (Å²) in [6, 6.07) is 4.59. The topological polar surface area (TPSA) is 48.2 Å². The van der Waals surface area contributed by atoms with Crippen molar-refractivity contribution in [3.05, 3.63) is 41.3 Å². The van der Waals surface area contributed by atoms with Crippen molar-refractivity contribution < 1.29 is 13.7 Å². The largest absolute Gasteiger partial charge is 0.490 e. The van der Waals surface area contributed by atoms with Gasteiger partial charge < -0.3 is 9.26 Å². The highest BCUT2D eigenvalue weighted by atomic mass is 35.5. The highest BCUT2D eigenvalue weighted by molar-refractivity contribution is 6.30. The van der Waals surface area contributed by atoms with Gasteiger partial charge in [-0.25, -0.2) is 4.39 Å². The highest BCUT2D eigenvalue weighted by Crippen LogP contribution is 2.23. The molecule has 16 heavy (non-hydrogen) atoms. The fourth-order valence-corrected chi connectivity index (χ4v) is 1.32. The molecule has 0 bridgehead atoms. The first-order valence-corrected chi connectivity index (χ1v) is 4.97. The van der Waals surface area contributed by atoms with Crippen LogP contribution in [-0.4, -0.2) is 16.7 Å². The van der Waals surface area contributed by atoms with Crippen LogP contribution in [0.1, 0.15) is 5.82 Å². The molecule has 1 heterocycles. The van der Waals surface area contributed by atoms with E-state index in [1.54, 1.807) is 6.07 Å². The van der Waals surface area contributed by atoms with Crippen LogP contribution in [0, 0.1) is 5.82 Å². The van der Waals surface area contributed by atoms with E-state index in [9.17, 15) is 4.39 Å². The van der Waals surface area contributed by atoms with Gasteiger partial charge in [0.05, 0.1) is 11.6 Å². The molecule has 4 nitrogen and oxygen atoms in total. The fourth-order valence-electron chi connectivity index (χ4n) is 1.15. The van der Waals surface area contributed by atoms with Gasteiger partial charge >= 0.3 is 0 Å². The Balaban J connectivity index is 1.92. The van der Waals surface area contributed by atoms with Crippen molar-refractivity contribution in [1.82, 2.24) is 10.1 Å². The summed E-state index contributed by atoms with van der Waals surface area (Å²) in [4.78, 5) is 3.81.